The number of hydrogen-bond acceptors (Lipinski definition) is 3. The van der Waals surface area contributed by atoms with Crippen molar-refractivity contribution in [1.82, 2.24) is 4.90 Å². The molecule has 3 rings (SSSR count). The number of likely N-dealkylation sites (tertiary alicyclic amines) is 1. The molecule has 0 spiro atoms. The van der Waals surface area contributed by atoms with Crippen molar-refractivity contribution in [3.63, 3.8) is 0 Å². The molecule has 1 aliphatic heterocycles. The molecule has 0 atom stereocenters. The third kappa shape index (κ3) is 3.00. The van der Waals surface area contributed by atoms with Gasteiger partial charge in [-0.3, -0.25) is 4.79 Å². The smallest absolute Gasteiger partial charge is 0.254 e. The topological polar surface area (TPSA) is 66.6 Å². The van der Waals surface area contributed by atoms with Crippen LogP contribution in [-0.2, 0) is 0 Å². The molecular formula is C17H20N2O2. The van der Waals surface area contributed by atoms with Gasteiger partial charge in [-0.25, -0.2) is 0 Å². The number of carbonyl (C=O) groups excluding carboxylic acids is 1. The summed E-state index contributed by atoms with van der Waals surface area (Å²) in [7, 11) is 0. The van der Waals surface area contributed by atoms with Crippen molar-refractivity contribution in [2.24, 2.45) is 0 Å². The molecule has 1 amide bonds. The summed E-state index contributed by atoms with van der Waals surface area (Å²) in [6.07, 6.45) is 8.94. The third-order valence-electron chi connectivity index (χ3n) is 4.07. The van der Waals surface area contributed by atoms with Gasteiger partial charge in [0.1, 0.15) is 5.60 Å². The van der Waals surface area contributed by atoms with Crippen molar-refractivity contribution in [3.05, 3.63) is 53.6 Å². The van der Waals surface area contributed by atoms with Crippen molar-refractivity contribution >= 4 is 11.6 Å². The van der Waals surface area contributed by atoms with E-state index in [2.05, 4.69) is 12.2 Å². The van der Waals surface area contributed by atoms with E-state index >= 15 is 0 Å². The first-order valence-corrected chi connectivity index (χ1v) is 7.28. The summed E-state index contributed by atoms with van der Waals surface area (Å²) in [4.78, 5) is 14.0. The zero-order chi connectivity index (χ0) is 14.9. The molecule has 110 valence electrons. The first kappa shape index (κ1) is 13.9. The molecule has 1 aliphatic carbocycles. The van der Waals surface area contributed by atoms with Crippen molar-refractivity contribution < 1.29 is 9.90 Å². The predicted molar refractivity (Wildman–Crippen MR) is 82.8 cm³/mol. The second-order valence-corrected chi connectivity index (χ2v) is 5.98. The van der Waals surface area contributed by atoms with E-state index in [4.69, 9.17) is 5.73 Å². The van der Waals surface area contributed by atoms with Gasteiger partial charge in [0.15, 0.2) is 0 Å². The van der Waals surface area contributed by atoms with E-state index in [1.807, 2.05) is 6.08 Å². The highest BCUT2D eigenvalue weighted by molar-refractivity contribution is 5.95. The molecule has 1 fully saturated rings. The molecule has 0 unspecified atom stereocenters. The van der Waals surface area contributed by atoms with E-state index in [9.17, 15) is 9.90 Å². The van der Waals surface area contributed by atoms with Crippen molar-refractivity contribution in [2.75, 3.05) is 18.8 Å². The number of carbonyl (C=O) groups is 1. The van der Waals surface area contributed by atoms with Gasteiger partial charge >= 0.3 is 0 Å². The maximum atomic E-state index is 12.3. The Morgan fingerprint density at radius 1 is 1.29 bits per heavy atom. The van der Waals surface area contributed by atoms with Crippen LogP contribution in [0.3, 0.4) is 0 Å². The maximum absolute atomic E-state index is 12.3. The second kappa shape index (κ2) is 5.37. The molecule has 0 aromatic heterocycles. The van der Waals surface area contributed by atoms with E-state index < -0.39 is 5.60 Å². The number of allylic oxidation sites excluding steroid dienone is 3. The molecule has 0 radical (unpaired) electrons. The normalized spacial score (nSPS) is 19.9. The van der Waals surface area contributed by atoms with Gasteiger partial charge in [-0.1, -0.05) is 23.8 Å². The molecule has 21 heavy (non-hydrogen) atoms. The van der Waals surface area contributed by atoms with Gasteiger partial charge in [0.05, 0.1) is 13.1 Å². The van der Waals surface area contributed by atoms with Gasteiger partial charge in [0.25, 0.3) is 5.91 Å². The minimum atomic E-state index is -0.763. The largest absolute Gasteiger partial charge is 0.399 e. The van der Waals surface area contributed by atoms with Crippen LogP contribution in [0.25, 0.3) is 0 Å². The van der Waals surface area contributed by atoms with Crippen LogP contribution in [0.15, 0.2) is 48.1 Å². The molecule has 4 nitrogen and oxygen atoms in total. The van der Waals surface area contributed by atoms with Crippen LogP contribution in [0.5, 0.6) is 0 Å². The summed E-state index contributed by atoms with van der Waals surface area (Å²) >= 11 is 0. The molecule has 4 heteroatoms. The Morgan fingerprint density at radius 3 is 2.62 bits per heavy atom. The summed E-state index contributed by atoms with van der Waals surface area (Å²) in [5.74, 6) is -0.0443. The molecule has 3 N–H and O–H groups in total. The molecule has 1 aromatic carbocycles. The Kier molecular flexibility index (Phi) is 3.55. The molecule has 1 saturated heterocycles. The number of benzene rings is 1. The number of nitrogens with zero attached hydrogens (tertiary/aromatic N) is 1. The lowest BCUT2D eigenvalue weighted by molar-refractivity contribution is -0.0802. The van der Waals surface area contributed by atoms with Crippen LogP contribution in [0, 0.1) is 0 Å². The van der Waals surface area contributed by atoms with Gasteiger partial charge in [-0.2, -0.15) is 0 Å². The summed E-state index contributed by atoms with van der Waals surface area (Å²) in [5.41, 5.74) is 7.38. The van der Waals surface area contributed by atoms with E-state index in [1.54, 1.807) is 29.2 Å². The predicted octanol–water partition coefficient (Wildman–Crippen LogP) is 2.12. The first-order valence-electron chi connectivity index (χ1n) is 7.28. The van der Waals surface area contributed by atoms with E-state index in [1.165, 1.54) is 5.57 Å². The number of β-amino-alcohol motifs (C(OH)–C–C–N with tert-alkyl or cyclic N) is 1. The monoisotopic (exact) mass is 284 g/mol. The van der Waals surface area contributed by atoms with Crippen LogP contribution < -0.4 is 5.73 Å². The van der Waals surface area contributed by atoms with Crippen LogP contribution in [0.1, 0.15) is 29.6 Å². The van der Waals surface area contributed by atoms with E-state index in [0.29, 0.717) is 30.8 Å². The van der Waals surface area contributed by atoms with Gasteiger partial charge in [0, 0.05) is 17.7 Å². The number of hydrogen-bond donors (Lipinski definition) is 2. The Labute approximate surface area is 124 Å². The fourth-order valence-corrected chi connectivity index (χ4v) is 2.95. The Morgan fingerprint density at radius 2 is 2.00 bits per heavy atom. The molecule has 0 bridgehead atoms. The van der Waals surface area contributed by atoms with Gasteiger partial charge in [-0.15, -0.1) is 0 Å². The summed E-state index contributed by atoms with van der Waals surface area (Å²) in [6, 6.07) is 6.89. The SMILES string of the molecule is Nc1ccc(C(=O)N2CC(O)(CC3=CC=CCC3)C2)cc1. The molecule has 2 aliphatic rings. The van der Waals surface area contributed by atoms with Crippen molar-refractivity contribution in [1.29, 1.82) is 0 Å². The molecule has 0 saturated carbocycles. The Balaban J connectivity index is 1.59. The van der Waals surface area contributed by atoms with E-state index in [-0.39, 0.29) is 5.91 Å². The number of nitrogens with two attached hydrogens (primary N) is 1. The van der Waals surface area contributed by atoms with Gasteiger partial charge < -0.3 is 15.7 Å². The van der Waals surface area contributed by atoms with Gasteiger partial charge in [-0.05, 0) is 37.1 Å². The third-order valence-corrected chi connectivity index (χ3v) is 4.07. The Bertz CT molecular complexity index is 596. The highest BCUT2D eigenvalue weighted by Gasteiger charge is 2.43. The van der Waals surface area contributed by atoms with Crippen LogP contribution in [0.2, 0.25) is 0 Å². The lowest BCUT2D eigenvalue weighted by Crippen LogP contribution is -2.63. The van der Waals surface area contributed by atoms with E-state index in [0.717, 1.165) is 12.8 Å². The van der Waals surface area contributed by atoms with Crippen LogP contribution >= 0.6 is 0 Å². The molecule has 1 heterocycles. The number of amides is 1. The van der Waals surface area contributed by atoms with Crippen LogP contribution in [0.4, 0.5) is 5.69 Å². The average molecular weight is 284 g/mol. The lowest BCUT2D eigenvalue weighted by atomic mass is 9.84. The molecular weight excluding hydrogens is 264 g/mol. The Hall–Kier alpha value is -2.07. The summed E-state index contributed by atoms with van der Waals surface area (Å²) in [6.45, 7) is 0.800. The average Bonchev–Trinajstić information content (AvgIpc) is 2.46. The zero-order valence-electron chi connectivity index (χ0n) is 12.0. The second-order valence-electron chi connectivity index (χ2n) is 5.98. The summed E-state index contributed by atoms with van der Waals surface area (Å²) < 4.78 is 0. The zero-order valence-corrected chi connectivity index (χ0v) is 12.0. The van der Waals surface area contributed by atoms with Gasteiger partial charge in [0.2, 0.25) is 0 Å². The lowest BCUT2D eigenvalue weighted by Gasteiger charge is -2.47. The number of nitrogen functional groups attached to an aromatic ring is 1. The van der Waals surface area contributed by atoms with Crippen LogP contribution in [-0.4, -0.2) is 34.6 Å². The fraction of sp³-hybridized carbons (Fsp3) is 0.353. The minimum Gasteiger partial charge on any atom is -0.399 e. The quantitative estimate of drug-likeness (QED) is 0.836. The molecule has 1 aromatic rings. The summed E-state index contributed by atoms with van der Waals surface area (Å²) in [5, 5.41) is 10.5. The van der Waals surface area contributed by atoms with Crippen molar-refractivity contribution in [2.45, 2.75) is 24.9 Å². The standard InChI is InChI=1S/C17H20N2O2/c18-15-8-6-14(7-9-15)16(20)19-11-17(21,12-19)10-13-4-2-1-3-5-13/h1-2,4,6-9,21H,3,5,10-12,18H2. The highest BCUT2D eigenvalue weighted by Crippen LogP contribution is 2.31. The minimum absolute atomic E-state index is 0.0443. The first-order chi connectivity index (χ1) is 10.1. The fourth-order valence-electron chi connectivity index (χ4n) is 2.95. The number of rotatable bonds is 3. The number of aliphatic hydroxyl groups is 1. The highest BCUT2D eigenvalue weighted by atomic mass is 16.3. The maximum Gasteiger partial charge on any atom is 0.254 e. The number of anilines is 1. The van der Waals surface area contributed by atoms with Crippen molar-refractivity contribution in [3.8, 4) is 0 Å².